The van der Waals surface area contributed by atoms with E-state index in [9.17, 15) is 9.59 Å². The van der Waals surface area contributed by atoms with Crippen LogP contribution in [0.2, 0.25) is 0 Å². The largest absolute Gasteiger partial charge is 0.497 e. The minimum atomic E-state index is -0.513. The fourth-order valence-electron chi connectivity index (χ4n) is 3.76. The molecule has 0 spiro atoms. The lowest BCUT2D eigenvalue weighted by Crippen LogP contribution is -2.32. The third kappa shape index (κ3) is 5.15. The molecule has 0 bridgehead atoms. The molecule has 0 aliphatic carbocycles. The fraction of sp³-hybridized carbons (Fsp3) is 0.154. The number of carbonyl (C=O) groups is 2. The Bertz CT molecular complexity index is 1250. The standard InChI is InChI=1S/C26H25N3O4/c1-32-19-10-6-17(7-11-19)22(23-15-28-24-5-3-2-4-21(23)24)14-29-25(30)16-33-20-12-8-18(9-13-20)26(27)31/h2-13,15,22,28H,14,16H2,1H3,(H2,27,31)(H,29,30)/t22-/m1/s1. The zero-order chi connectivity index (χ0) is 23.2. The van der Waals surface area contributed by atoms with Gasteiger partial charge in [0, 0.05) is 35.1 Å². The third-order valence-electron chi connectivity index (χ3n) is 5.53. The zero-order valence-corrected chi connectivity index (χ0v) is 18.2. The van der Waals surface area contributed by atoms with Crippen molar-refractivity contribution in [3.63, 3.8) is 0 Å². The van der Waals surface area contributed by atoms with Gasteiger partial charge in [-0.1, -0.05) is 30.3 Å². The van der Waals surface area contributed by atoms with Crippen molar-refractivity contribution in [2.45, 2.75) is 5.92 Å². The lowest BCUT2D eigenvalue weighted by molar-refractivity contribution is -0.123. The predicted molar refractivity (Wildman–Crippen MR) is 127 cm³/mol. The fourth-order valence-corrected chi connectivity index (χ4v) is 3.76. The van der Waals surface area contributed by atoms with Gasteiger partial charge in [0.25, 0.3) is 5.91 Å². The minimum Gasteiger partial charge on any atom is -0.497 e. The third-order valence-corrected chi connectivity index (χ3v) is 5.53. The van der Waals surface area contributed by atoms with Crippen LogP contribution < -0.4 is 20.5 Å². The Morgan fingerprint density at radius 3 is 2.36 bits per heavy atom. The van der Waals surface area contributed by atoms with Crippen LogP contribution in [0.5, 0.6) is 11.5 Å². The first kappa shape index (κ1) is 22.0. The number of H-pyrrole nitrogens is 1. The Kier molecular flexibility index (Phi) is 6.59. The van der Waals surface area contributed by atoms with Crippen LogP contribution in [0, 0.1) is 0 Å². The number of para-hydroxylation sites is 1. The highest BCUT2D eigenvalue weighted by molar-refractivity contribution is 5.92. The van der Waals surface area contributed by atoms with Gasteiger partial charge in [-0.05, 0) is 53.6 Å². The predicted octanol–water partition coefficient (Wildman–Crippen LogP) is 3.60. The molecule has 4 aromatic rings. The number of rotatable bonds is 9. The van der Waals surface area contributed by atoms with Crippen LogP contribution in [0.1, 0.15) is 27.4 Å². The van der Waals surface area contributed by atoms with E-state index in [4.69, 9.17) is 15.2 Å². The maximum atomic E-state index is 12.5. The molecule has 1 atom stereocenters. The number of aromatic nitrogens is 1. The van der Waals surface area contributed by atoms with Gasteiger partial charge in [0.2, 0.25) is 5.91 Å². The number of nitrogens with one attached hydrogen (secondary N) is 2. The smallest absolute Gasteiger partial charge is 0.257 e. The number of methoxy groups -OCH3 is 1. The number of aromatic amines is 1. The van der Waals surface area contributed by atoms with Crippen molar-refractivity contribution in [3.05, 3.63) is 95.7 Å². The normalized spacial score (nSPS) is 11.7. The van der Waals surface area contributed by atoms with Crippen molar-refractivity contribution >= 4 is 22.7 Å². The van der Waals surface area contributed by atoms with E-state index >= 15 is 0 Å². The van der Waals surface area contributed by atoms with E-state index in [1.165, 1.54) is 0 Å². The summed E-state index contributed by atoms with van der Waals surface area (Å²) in [5.74, 6) is 0.439. The molecule has 1 heterocycles. The van der Waals surface area contributed by atoms with Crippen LogP contribution in [0.4, 0.5) is 0 Å². The first-order valence-corrected chi connectivity index (χ1v) is 10.5. The Morgan fingerprint density at radius 2 is 1.67 bits per heavy atom. The molecule has 3 aromatic carbocycles. The van der Waals surface area contributed by atoms with Crippen molar-refractivity contribution in [2.75, 3.05) is 20.3 Å². The molecule has 2 amide bonds. The molecular weight excluding hydrogens is 418 g/mol. The van der Waals surface area contributed by atoms with Crippen LogP contribution in [0.25, 0.3) is 10.9 Å². The van der Waals surface area contributed by atoms with Crippen molar-refractivity contribution < 1.29 is 19.1 Å². The molecule has 0 aliphatic rings. The number of hydrogen-bond acceptors (Lipinski definition) is 4. The van der Waals surface area contributed by atoms with E-state index in [1.54, 1.807) is 31.4 Å². The highest BCUT2D eigenvalue weighted by Gasteiger charge is 2.19. The van der Waals surface area contributed by atoms with Crippen molar-refractivity contribution in [1.29, 1.82) is 0 Å². The number of primary amides is 1. The Morgan fingerprint density at radius 1 is 0.970 bits per heavy atom. The maximum Gasteiger partial charge on any atom is 0.257 e. The first-order chi connectivity index (χ1) is 16.0. The topological polar surface area (TPSA) is 106 Å². The summed E-state index contributed by atoms with van der Waals surface area (Å²) in [6.45, 7) is 0.260. The summed E-state index contributed by atoms with van der Waals surface area (Å²) in [5.41, 5.74) is 8.82. The van der Waals surface area contributed by atoms with Crippen LogP contribution >= 0.6 is 0 Å². The number of carbonyl (C=O) groups excluding carboxylic acids is 2. The van der Waals surface area contributed by atoms with Gasteiger partial charge in [-0.15, -0.1) is 0 Å². The second-order valence-corrected chi connectivity index (χ2v) is 7.60. The van der Waals surface area contributed by atoms with Crippen LogP contribution in [0.3, 0.4) is 0 Å². The van der Waals surface area contributed by atoms with Gasteiger partial charge < -0.3 is 25.5 Å². The summed E-state index contributed by atoms with van der Waals surface area (Å²) >= 11 is 0. The highest BCUT2D eigenvalue weighted by atomic mass is 16.5. The maximum absolute atomic E-state index is 12.5. The summed E-state index contributed by atoms with van der Waals surface area (Å²) in [6, 6.07) is 22.3. The van der Waals surface area contributed by atoms with E-state index < -0.39 is 5.91 Å². The van der Waals surface area contributed by atoms with E-state index in [0.29, 0.717) is 17.9 Å². The quantitative estimate of drug-likeness (QED) is 0.367. The summed E-state index contributed by atoms with van der Waals surface area (Å²) in [7, 11) is 1.63. The number of ether oxygens (including phenoxy) is 2. The van der Waals surface area contributed by atoms with Crippen LogP contribution in [0.15, 0.2) is 79.0 Å². The van der Waals surface area contributed by atoms with E-state index in [2.05, 4.69) is 16.4 Å². The monoisotopic (exact) mass is 443 g/mol. The van der Waals surface area contributed by atoms with Gasteiger partial charge in [-0.25, -0.2) is 0 Å². The van der Waals surface area contributed by atoms with Crippen LogP contribution in [-0.2, 0) is 4.79 Å². The van der Waals surface area contributed by atoms with E-state index in [1.807, 2.05) is 48.7 Å². The van der Waals surface area contributed by atoms with Crippen LogP contribution in [-0.4, -0.2) is 37.1 Å². The molecule has 4 rings (SSSR count). The Labute approximate surface area is 191 Å². The molecule has 7 nitrogen and oxygen atoms in total. The number of nitrogens with two attached hydrogens (primary N) is 1. The molecule has 0 fully saturated rings. The van der Waals surface area contributed by atoms with Gasteiger partial charge in [-0.3, -0.25) is 9.59 Å². The lowest BCUT2D eigenvalue weighted by Gasteiger charge is -2.19. The molecular formula is C26H25N3O4. The molecule has 0 unspecified atom stereocenters. The van der Waals surface area contributed by atoms with Gasteiger partial charge in [0.15, 0.2) is 6.61 Å². The second-order valence-electron chi connectivity index (χ2n) is 7.60. The Hall–Kier alpha value is -4.26. The SMILES string of the molecule is COc1ccc([C@@H](CNC(=O)COc2ccc(C(N)=O)cc2)c2c[nH]c3ccccc23)cc1. The van der Waals surface area contributed by atoms with Gasteiger partial charge in [-0.2, -0.15) is 0 Å². The molecule has 4 N–H and O–H groups in total. The van der Waals surface area contributed by atoms with Gasteiger partial charge in [0.05, 0.1) is 7.11 Å². The van der Waals surface area contributed by atoms with Gasteiger partial charge >= 0.3 is 0 Å². The number of fused-ring (bicyclic) bond motifs is 1. The summed E-state index contributed by atoms with van der Waals surface area (Å²) in [4.78, 5) is 27.0. The zero-order valence-electron chi connectivity index (χ0n) is 18.2. The molecule has 7 heteroatoms. The minimum absolute atomic E-state index is 0.0640. The number of benzene rings is 3. The molecule has 168 valence electrons. The summed E-state index contributed by atoms with van der Waals surface area (Å²) in [6.07, 6.45) is 1.99. The molecule has 0 aliphatic heterocycles. The average Bonchev–Trinajstić information content (AvgIpc) is 3.27. The lowest BCUT2D eigenvalue weighted by atomic mass is 9.91. The Balaban J connectivity index is 1.47. The molecule has 0 radical (unpaired) electrons. The second kappa shape index (κ2) is 9.91. The van der Waals surface area contributed by atoms with Crippen molar-refractivity contribution in [1.82, 2.24) is 10.3 Å². The highest BCUT2D eigenvalue weighted by Crippen LogP contribution is 2.31. The molecule has 1 aromatic heterocycles. The molecule has 0 saturated heterocycles. The number of hydrogen-bond donors (Lipinski definition) is 3. The van der Waals surface area contributed by atoms with E-state index in [0.717, 1.165) is 27.8 Å². The summed E-state index contributed by atoms with van der Waals surface area (Å²) in [5, 5.41) is 4.09. The summed E-state index contributed by atoms with van der Waals surface area (Å²) < 4.78 is 10.8. The van der Waals surface area contributed by atoms with E-state index in [-0.39, 0.29) is 18.4 Å². The average molecular weight is 444 g/mol. The molecule has 0 saturated carbocycles. The van der Waals surface area contributed by atoms with Gasteiger partial charge in [0.1, 0.15) is 11.5 Å². The number of amides is 2. The van der Waals surface area contributed by atoms with Crippen molar-refractivity contribution in [3.8, 4) is 11.5 Å². The first-order valence-electron chi connectivity index (χ1n) is 10.5. The molecule has 33 heavy (non-hydrogen) atoms. The van der Waals surface area contributed by atoms with Crippen molar-refractivity contribution in [2.24, 2.45) is 5.73 Å².